The third-order valence-electron chi connectivity index (χ3n) is 3.06. The molecule has 0 saturated carbocycles. The number of rotatable bonds is 5. The van der Waals surface area contributed by atoms with Crippen molar-refractivity contribution in [1.29, 1.82) is 0 Å². The van der Waals surface area contributed by atoms with Gasteiger partial charge in [0.1, 0.15) is 5.75 Å². The quantitative estimate of drug-likeness (QED) is 0.467. The molecular formula is C17H16BrN3O3. The molecule has 0 heterocycles. The summed E-state index contributed by atoms with van der Waals surface area (Å²) in [4.78, 5) is 23.4. The van der Waals surface area contributed by atoms with Crippen molar-refractivity contribution < 1.29 is 14.3 Å². The lowest BCUT2D eigenvalue weighted by molar-refractivity contribution is -0.139. The molecule has 2 aromatic rings. The van der Waals surface area contributed by atoms with Crippen LogP contribution in [-0.4, -0.2) is 25.1 Å². The summed E-state index contributed by atoms with van der Waals surface area (Å²) in [5.74, 6) is -0.988. The molecule has 2 N–H and O–H groups in total. The lowest BCUT2D eigenvalue weighted by Crippen LogP contribution is -2.37. The van der Waals surface area contributed by atoms with E-state index in [2.05, 4.69) is 31.8 Å². The normalized spacial score (nSPS) is 10.4. The van der Waals surface area contributed by atoms with E-state index in [4.69, 9.17) is 4.74 Å². The summed E-state index contributed by atoms with van der Waals surface area (Å²) in [7, 11) is 1.54. The molecule has 0 aliphatic rings. The number of nitrogens with zero attached hydrogens (tertiary/aromatic N) is 1. The van der Waals surface area contributed by atoms with E-state index in [-0.39, 0.29) is 6.54 Å². The Hall–Kier alpha value is -2.67. The highest BCUT2D eigenvalue weighted by Gasteiger charge is 2.11. The average Bonchev–Trinajstić information content (AvgIpc) is 2.60. The maximum atomic E-state index is 11.7. The highest BCUT2D eigenvalue weighted by atomic mass is 79.9. The molecule has 124 valence electrons. The van der Waals surface area contributed by atoms with E-state index in [1.54, 1.807) is 12.1 Å². The van der Waals surface area contributed by atoms with E-state index < -0.39 is 11.8 Å². The maximum absolute atomic E-state index is 11.7. The number of carbonyl (C=O) groups excluding carboxylic acids is 2. The van der Waals surface area contributed by atoms with Crippen molar-refractivity contribution in [3.63, 3.8) is 0 Å². The van der Waals surface area contributed by atoms with Crippen LogP contribution in [0.2, 0.25) is 0 Å². The zero-order valence-electron chi connectivity index (χ0n) is 13.0. The van der Waals surface area contributed by atoms with E-state index in [1.165, 1.54) is 13.3 Å². The molecule has 0 fully saturated rings. The Morgan fingerprint density at radius 2 is 1.92 bits per heavy atom. The molecule has 0 spiro atoms. The van der Waals surface area contributed by atoms with E-state index in [9.17, 15) is 9.59 Å². The summed E-state index contributed by atoms with van der Waals surface area (Å²) in [6.45, 7) is 0.274. The van der Waals surface area contributed by atoms with Gasteiger partial charge in [-0.3, -0.25) is 9.59 Å². The number of carbonyl (C=O) groups is 2. The molecule has 2 rings (SSSR count). The summed E-state index contributed by atoms with van der Waals surface area (Å²) in [5, 5.41) is 6.30. The molecule has 2 aromatic carbocycles. The van der Waals surface area contributed by atoms with Crippen LogP contribution in [0.4, 0.5) is 0 Å². The molecule has 0 unspecified atom stereocenters. The van der Waals surface area contributed by atoms with Crippen molar-refractivity contribution in [3.05, 3.63) is 64.1 Å². The Kier molecular flexibility index (Phi) is 6.51. The number of methoxy groups -OCH3 is 1. The fraction of sp³-hybridized carbons (Fsp3) is 0.118. The predicted octanol–water partition coefficient (Wildman–Crippen LogP) is 2.22. The second-order valence-electron chi connectivity index (χ2n) is 4.75. The standard InChI is InChI=1S/C17H16BrN3O3/c1-24-15-8-7-14(18)9-13(15)11-20-21-17(23)16(22)19-10-12-5-3-2-4-6-12/h2-9,11H,10H2,1H3,(H,19,22)(H,21,23)/b20-11+. The van der Waals surface area contributed by atoms with Crippen molar-refractivity contribution in [2.75, 3.05) is 7.11 Å². The average molecular weight is 390 g/mol. The fourth-order valence-corrected chi connectivity index (χ4v) is 2.25. The van der Waals surface area contributed by atoms with Gasteiger partial charge in [0.25, 0.3) is 0 Å². The topological polar surface area (TPSA) is 79.8 Å². The second-order valence-corrected chi connectivity index (χ2v) is 5.67. The van der Waals surface area contributed by atoms with Gasteiger partial charge >= 0.3 is 11.8 Å². The number of ether oxygens (including phenoxy) is 1. The number of nitrogens with one attached hydrogen (secondary N) is 2. The minimum Gasteiger partial charge on any atom is -0.496 e. The number of benzene rings is 2. The van der Waals surface area contributed by atoms with Gasteiger partial charge in [0.15, 0.2) is 0 Å². The molecule has 24 heavy (non-hydrogen) atoms. The summed E-state index contributed by atoms with van der Waals surface area (Å²) < 4.78 is 6.03. The van der Waals surface area contributed by atoms with Crippen molar-refractivity contribution in [3.8, 4) is 5.75 Å². The predicted molar refractivity (Wildman–Crippen MR) is 94.7 cm³/mol. The first-order valence-corrected chi connectivity index (χ1v) is 7.88. The lowest BCUT2D eigenvalue weighted by atomic mass is 10.2. The van der Waals surface area contributed by atoms with Crippen molar-refractivity contribution in [2.24, 2.45) is 5.10 Å². The van der Waals surface area contributed by atoms with Crippen LogP contribution in [0.25, 0.3) is 0 Å². The third kappa shape index (κ3) is 5.20. The fourth-order valence-electron chi connectivity index (χ4n) is 1.88. The summed E-state index contributed by atoms with van der Waals surface area (Å²) in [6, 6.07) is 14.7. The summed E-state index contributed by atoms with van der Waals surface area (Å²) in [5.41, 5.74) is 3.75. The molecule has 0 aromatic heterocycles. The van der Waals surface area contributed by atoms with Crippen molar-refractivity contribution in [1.82, 2.24) is 10.7 Å². The molecule has 0 aliphatic carbocycles. The molecule has 0 aliphatic heterocycles. The molecular weight excluding hydrogens is 374 g/mol. The van der Waals surface area contributed by atoms with Crippen LogP contribution >= 0.6 is 15.9 Å². The largest absolute Gasteiger partial charge is 0.496 e. The first-order chi connectivity index (χ1) is 11.6. The van der Waals surface area contributed by atoms with Crippen LogP contribution in [0.15, 0.2) is 58.1 Å². The van der Waals surface area contributed by atoms with Crippen LogP contribution in [0.1, 0.15) is 11.1 Å². The number of halogens is 1. The molecule has 0 atom stereocenters. The van der Waals surface area contributed by atoms with E-state index in [1.807, 2.05) is 36.4 Å². The Bertz CT molecular complexity index is 748. The highest BCUT2D eigenvalue weighted by molar-refractivity contribution is 9.10. The van der Waals surface area contributed by atoms with Crippen molar-refractivity contribution >= 4 is 34.0 Å². The number of hydrazone groups is 1. The van der Waals surface area contributed by atoms with Crippen molar-refractivity contribution in [2.45, 2.75) is 6.54 Å². The number of hydrogen-bond acceptors (Lipinski definition) is 4. The van der Waals surface area contributed by atoms with Gasteiger partial charge in [-0.05, 0) is 23.8 Å². The molecule has 2 amide bonds. The van der Waals surface area contributed by atoms with Gasteiger partial charge in [0.2, 0.25) is 0 Å². The Balaban J connectivity index is 1.88. The maximum Gasteiger partial charge on any atom is 0.329 e. The van der Waals surface area contributed by atoms with Gasteiger partial charge in [-0.2, -0.15) is 5.10 Å². The van der Waals surface area contributed by atoms with Crippen LogP contribution < -0.4 is 15.5 Å². The minimum absolute atomic E-state index is 0.274. The Morgan fingerprint density at radius 1 is 1.17 bits per heavy atom. The highest BCUT2D eigenvalue weighted by Crippen LogP contribution is 2.21. The molecule has 7 heteroatoms. The molecule has 6 nitrogen and oxygen atoms in total. The first kappa shape index (κ1) is 17.7. The smallest absolute Gasteiger partial charge is 0.329 e. The van der Waals surface area contributed by atoms with Gasteiger partial charge in [0, 0.05) is 16.6 Å². The van der Waals surface area contributed by atoms with Gasteiger partial charge in [-0.15, -0.1) is 0 Å². The lowest BCUT2D eigenvalue weighted by Gasteiger charge is -2.05. The van der Waals surface area contributed by atoms with Gasteiger partial charge < -0.3 is 10.1 Å². The van der Waals surface area contributed by atoms with Crippen LogP contribution in [0.5, 0.6) is 5.75 Å². The zero-order chi connectivity index (χ0) is 17.4. The number of hydrogen-bond donors (Lipinski definition) is 2. The Morgan fingerprint density at radius 3 is 2.62 bits per heavy atom. The minimum atomic E-state index is -0.837. The summed E-state index contributed by atoms with van der Waals surface area (Å²) >= 11 is 3.34. The van der Waals surface area contributed by atoms with Gasteiger partial charge in [-0.25, -0.2) is 5.43 Å². The second kappa shape index (κ2) is 8.83. The first-order valence-electron chi connectivity index (χ1n) is 7.09. The molecule has 0 radical (unpaired) electrons. The van der Waals surface area contributed by atoms with E-state index >= 15 is 0 Å². The van der Waals surface area contributed by atoms with Gasteiger partial charge in [-0.1, -0.05) is 46.3 Å². The third-order valence-corrected chi connectivity index (χ3v) is 3.56. The molecule has 0 saturated heterocycles. The molecule has 0 bridgehead atoms. The zero-order valence-corrected chi connectivity index (χ0v) is 14.5. The summed E-state index contributed by atoms with van der Waals surface area (Å²) in [6.07, 6.45) is 1.41. The van der Waals surface area contributed by atoms with E-state index in [0.717, 1.165) is 10.0 Å². The number of amides is 2. The van der Waals surface area contributed by atoms with Crippen LogP contribution in [0.3, 0.4) is 0 Å². The van der Waals surface area contributed by atoms with Crippen LogP contribution in [0, 0.1) is 0 Å². The SMILES string of the molecule is COc1ccc(Br)cc1/C=N/NC(=O)C(=O)NCc1ccccc1. The van der Waals surface area contributed by atoms with Crippen LogP contribution in [-0.2, 0) is 16.1 Å². The Labute approximate surface area is 148 Å². The van der Waals surface area contributed by atoms with Gasteiger partial charge in [0.05, 0.1) is 13.3 Å². The van der Waals surface area contributed by atoms with E-state index in [0.29, 0.717) is 11.3 Å². The monoisotopic (exact) mass is 389 g/mol.